The summed E-state index contributed by atoms with van der Waals surface area (Å²) in [5.74, 6) is 0. The third-order valence-corrected chi connectivity index (χ3v) is 3.73. The van der Waals surface area contributed by atoms with E-state index in [1.54, 1.807) is 11.3 Å². The number of hydrogen-bond acceptors (Lipinski definition) is 3. The van der Waals surface area contributed by atoms with Crippen molar-refractivity contribution in [3.8, 4) is 0 Å². The molecule has 0 aromatic carbocycles. The van der Waals surface area contributed by atoms with Gasteiger partial charge in [0.25, 0.3) is 0 Å². The summed E-state index contributed by atoms with van der Waals surface area (Å²) < 4.78 is 1.11. The molecule has 2 rings (SSSR count). The van der Waals surface area contributed by atoms with E-state index in [9.17, 15) is 5.11 Å². The Morgan fingerprint density at radius 2 is 2.38 bits per heavy atom. The molecule has 1 unspecified atom stereocenters. The van der Waals surface area contributed by atoms with Crippen LogP contribution in [0.15, 0.2) is 21.3 Å². The summed E-state index contributed by atoms with van der Waals surface area (Å²) in [6, 6.07) is 0. The molecule has 2 N–H and O–H groups in total. The molecule has 0 bridgehead atoms. The highest BCUT2D eigenvalue weighted by Gasteiger charge is 2.13. The number of nitrogens with one attached hydrogen (secondary N) is 1. The van der Waals surface area contributed by atoms with Crippen molar-refractivity contribution in [3.05, 3.63) is 26.9 Å². The van der Waals surface area contributed by atoms with Gasteiger partial charge >= 0.3 is 0 Å². The van der Waals surface area contributed by atoms with Crippen LogP contribution < -0.4 is 5.32 Å². The molecular formula is C9H10BrNOS. The van der Waals surface area contributed by atoms with E-state index >= 15 is 0 Å². The quantitative estimate of drug-likeness (QED) is 0.807. The summed E-state index contributed by atoms with van der Waals surface area (Å²) in [7, 11) is 0. The van der Waals surface area contributed by atoms with Gasteiger partial charge in [0.15, 0.2) is 0 Å². The lowest BCUT2D eigenvalue weighted by Crippen LogP contribution is -2.31. The molecule has 1 aliphatic rings. The Morgan fingerprint density at radius 3 is 3.00 bits per heavy atom. The zero-order valence-electron chi connectivity index (χ0n) is 6.96. The van der Waals surface area contributed by atoms with Crippen LogP contribution in [0.2, 0.25) is 0 Å². The lowest BCUT2D eigenvalue weighted by molar-refractivity contribution is 0.217. The molecule has 0 radical (unpaired) electrons. The largest absolute Gasteiger partial charge is 0.388 e. The van der Waals surface area contributed by atoms with Crippen molar-refractivity contribution < 1.29 is 5.11 Å². The molecule has 70 valence electrons. The molecule has 1 aromatic heterocycles. The second kappa shape index (κ2) is 3.92. The molecule has 1 aromatic rings. The highest BCUT2D eigenvalue weighted by Crippen LogP contribution is 2.28. The molecule has 0 saturated carbocycles. The second-order valence-corrected chi connectivity index (χ2v) is 4.62. The van der Waals surface area contributed by atoms with Crippen LogP contribution in [0.1, 0.15) is 5.56 Å². The van der Waals surface area contributed by atoms with Gasteiger partial charge in [-0.15, -0.1) is 0 Å². The predicted octanol–water partition coefficient (Wildman–Crippen LogP) is 1.86. The highest BCUT2D eigenvalue weighted by molar-refractivity contribution is 9.10. The predicted molar refractivity (Wildman–Crippen MR) is 58.9 cm³/mol. The van der Waals surface area contributed by atoms with Gasteiger partial charge in [-0.3, -0.25) is 0 Å². The zero-order chi connectivity index (χ0) is 9.26. The van der Waals surface area contributed by atoms with E-state index in [-0.39, 0.29) is 6.10 Å². The average molecular weight is 260 g/mol. The van der Waals surface area contributed by atoms with E-state index in [1.165, 1.54) is 11.1 Å². The van der Waals surface area contributed by atoms with Crippen LogP contribution in [0, 0.1) is 0 Å². The minimum absolute atomic E-state index is 0.351. The molecule has 13 heavy (non-hydrogen) atoms. The summed E-state index contributed by atoms with van der Waals surface area (Å²) >= 11 is 5.15. The standard InChI is InChI=1S/C9H10BrNOS/c10-9-5-13-4-8(9)6-1-7(12)3-11-2-6/h1,4-5,7,11-12H,2-3H2. The zero-order valence-corrected chi connectivity index (χ0v) is 9.36. The Kier molecular flexibility index (Phi) is 2.83. The Labute approximate surface area is 89.4 Å². The molecule has 0 amide bonds. The lowest BCUT2D eigenvalue weighted by atomic mass is 10.0. The number of rotatable bonds is 1. The van der Waals surface area contributed by atoms with Gasteiger partial charge in [-0.1, -0.05) is 0 Å². The fourth-order valence-corrected chi connectivity index (χ4v) is 2.97. The first-order valence-corrected chi connectivity index (χ1v) is 5.82. The first kappa shape index (κ1) is 9.40. The SMILES string of the molecule is OC1C=C(c2cscc2Br)CNC1. The van der Waals surface area contributed by atoms with E-state index < -0.39 is 0 Å². The van der Waals surface area contributed by atoms with Gasteiger partial charge in [-0.25, -0.2) is 0 Å². The molecule has 4 heteroatoms. The lowest BCUT2D eigenvalue weighted by Gasteiger charge is -2.18. The van der Waals surface area contributed by atoms with Crippen LogP contribution in [0.3, 0.4) is 0 Å². The number of hydrogen-bond donors (Lipinski definition) is 2. The van der Waals surface area contributed by atoms with Crippen molar-refractivity contribution in [1.29, 1.82) is 0 Å². The summed E-state index contributed by atoms with van der Waals surface area (Å²) in [5, 5.41) is 16.7. The van der Waals surface area contributed by atoms with E-state index in [0.29, 0.717) is 6.54 Å². The minimum Gasteiger partial charge on any atom is -0.388 e. The maximum atomic E-state index is 9.42. The Balaban J connectivity index is 2.30. The number of aliphatic hydroxyl groups excluding tert-OH is 1. The Morgan fingerprint density at radius 1 is 1.54 bits per heavy atom. The third-order valence-electron chi connectivity index (χ3n) is 2.02. The molecule has 1 aliphatic heterocycles. The van der Waals surface area contributed by atoms with Crippen LogP contribution in [0.5, 0.6) is 0 Å². The minimum atomic E-state index is -0.351. The van der Waals surface area contributed by atoms with E-state index in [1.807, 2.05) is 6.08 Å². The topological polar surface area (TPSA) is 32.3 Å². The molecular weight excluding hydrogens is 250 g/mol. The fraction of sp³-hybridized carbons (Fsp3) is 0.333. The number of β-amino-alcohol motifs (C(OH)–C–C–N with tert-alkyl or cyclic N) is 1. The van der Waals surface area contributed by atoms with Crippen LogP contribution in [-0.4, -0.2) is 24.3 Å². The van der Waals surface area contributed by atoms with Crippen molar-refractivity contribution in [2.45, 2.75) is 6.10 Å². The Hall–Kier alpha value is -0.160. The van der Waals surface area contributed by atoms with Crippen LogP contribution in [0.4, 0.5) is 0 Å². The van der Waals surface area contributed by atoms with Crippen molar-refractivity contribution in [2.75, 3.05) is 13.1 Å². The van der Waals surface area contributed by atoms with Gasteiger partial charge < -0.3 is 10.4 Å². The summed E-state index contributed by atoms with van der Waals surface area (Å²) in [6.45, 7) is 1.50. The van der Waals surface area contributed by atoms with Gasteiger partial charge in [0.1, 0.15) is 0 Å². The molecule has 2 nitrogen and oxygen atoms in total. The average Bonchev–Trinajstić information content (AvgIpc) is 2.51. The molecule has 0 aliphatic carbocycles. The van der Waals surface area contributed by atoms with Gasteiger partial charge in [0.05, 0.1) is 6.10 Å². The maximum Gasteiger partial charge on any atom is 0.0851 e. The van der Waals surface area contributed by atoms with E-state index in [0.717, 1.165) is 11.0 Å². The van der Waals surface area contributed by atoms with E-state index in [4.69, 9.17) is 0 Å². The van der Waals surface area contributed by atoms with E-state index in [2.05, 4.69) is 32.0 Å². The second-order valence-electron chi connectivity index (χ2n) is 3.02. The van der Waals surface area contributed by atoms with Crippen molar-refractivity contribution >= 4 is 32.8 Å². The van der Waals surface area contributed by atoms with Gasteiger partial charge in [0, 0.05) is 28.5 Å². The third kappa shape index (κ3) is 2.02. The highest BCUT2D eigenvalue weighted by atomic mass is 79.9. The normalized spacial score (nSPS) is 22.9. The summed E-state index contributed by atoms with van der Waals surface area (Å²) in [6.07, 6.45) is 1.57. The molecule has 0 fully saturated rings. The van der Waals surface area contributed by atoms with Crippen molar-refractivity contribution in [2.24, 2.45) is 0 Å². The summed E-state index contributed by atoms with van der Waals surface area (Å²) in [4.78, 5) is 0. The molecule has 0 spiro atoms. The van der Waals surface area contributed by atoms with Crippen LogP contribution >= 0.6 is 27.3 Å². The number of halogens is 1. The van der Waals surface area contributed by atoms with Crippen LogP contribution in [0.25, 0.3) is 5.57 Å². The van der Waals surface area contributed by atoms with Gasteiger partial charge in [-0.05, 0) is 33.0 Å². The fourth-order valence-electron chi connectivity index (χ4n) is 1.40. The van der Waals surface area contributed by atoms with Gasteiger partial charge in [-0.2, -0.15) is 11.3 Å². The monoisotopic (exact) mass is 259 g/mol. The first-order valence-electron chi connectivity index (χ1n) is 4.09. The first-order chi connectivity index (χ1) is 6.27. The Bertz CT molecular complexity index is 334. The van der Waals surface area contributed by atoms with Crippen molar-refractivity contribution in [3.63, 3.8) is 0 Å². The molecule has 2 heterocycles. The van der Waals surface area contributed by atoms with Gasteiger partial charge in [0.2, 0.25) is 0 Å². The molecule has 0 saturated heterocycles. The van der Waals surface area contributed by atoms with Crippen molar-refractivity contribution in [1.82, 2.24) is 5.32 Å². The maximum absolute atomic E-state index is 9.42. The number of aliphatic hydroxyl groups is 1. The molecule has 1 atom stereocenters. The van der Waals surface area contributed by atoms with Crippen LogP contribution in [-0.2, 0) is 0 Å². The number of thiophene rings is 1. The smallest absolute Gasteiger partial charge is 0.0851 e. The summed E-state index contributed by atoms with van der Waals surface area (Å²) in [5.41, 5.74) is 2.36.